The van der Waals surface area contributed by atoms with Gasteiger partial charge in [0.15, 0.2) is 11.2 Å². The van der Waals surface area contributed by atoms with E-state index in [1.807, 2.05) is 43.3 Å². The Labute approximate surface area is 198 Å². The van der Waals surface area contributed by atoms with Crippen LogP contribution >= 0.6 is 0 Å². The summed E-state index contributed by atoms with van der Waals surface area (Å²) in [6, 6.07) is 11.4. The number of nitrogens with zero attached hydrogens (tertiary/aromatic N) is 3. The first-order chi connectivity index (χ1) is 16.3. The topological polar surface area (TPSA) is 92.9 Å². The van der Waals surface area contributed by atoms with Crippen LogP contribution in [0.2, 0.25) is 0 Å². The van der Waals surface area contributed by atoms with E-state index in [1.165, 1.54) is 11.6 Å². The van der Waals surface area contributed by atoms with Crippen LogP contribution in [0.25, 0.3) is 28.2 Å². The highest BCUT2D eigenvalue weighted by Crippen LogP contribution is 2.32. The highest BCUT2D eigenvalue weighted by atomic mass is 16.3. The first-order valence-corrected chi connectivity index (χ1v) is 12.0. The van der Waals surface area contributed by atoms with E-state index in [2.05, 4.69) is 18.8 Å². The summed E-state index contributed by atoms with van der Waals surface area (Å²) in [5, 5.41) is 10.9. The lowest BCUT2D eigenvalue weighted by Crippen LogP contribution is -2.37. The quantitative estimate of drug-likeness (QED) is 0.396. The smallest absolute Gasteiger partial charge is 0.337 e. The minimum atomic E-state index is -0.447. The molecule has 0 unspecified atom stereocenters. The molecule has 0 spiro atoms. The number of aromatic nitrogens is 4. The number of imidazole rings is 1. The van der Waals surface area contributed by atoms with Crippen LogP contribution in [0.3, 0.4) is 0 Å². The van der Waals surface area contributed by atoms with Crippen LogP contribution in [0, 0.1) is 6.92 Å². The maximum absolute atomic E-state index is 13.1. The Morgan fingerprint density at radius 2 is 1.56 bits per heavy atom. The van der Waals surface area contributed by atoms with Gasteiger partial charge in [-0.05, 0) is 68.0 Å². The minimum absolute atomic E-state index is 0.274. The predicted octanol–water partition coefficient (Wildman–Crippen LogP) is 4.78. The Morgan fingerprint density at radius 1 is 0.971 bits per heavy atom. The van der Waals surface area contributed by atoms with Crippen LogP contribution in [0.4, 0.5) is 0 Å². The van der Waals surface area contributed by atoms with Crippen molar-refractivity contribution in [3.05, 3.63) is 73.9 Å². The lowest BCUT2D eigenvalue weighted by molar-refractivity contribution is 0.458. The molecule has 0 aliphatic rings. The summed E-state index contributed by atoms with van der Waals surface area (Å²) in [4.78, 5) is 33.9. The number of hydrogen-bond donors (Lipinski definition) is 2. The number of nitrogens with one attached hydrogen (secondary N) is 1. The molecule has 0 saturated heterocycles. The molecule has 0 atom stereocenters. The molecule has 4 aromatic rings. The number of rotatable bonds is 8. The third kappa shape index (κ3) is 4.30. The van der Waals surface area contributed by atoms with E-state index in [4.69, 9.17) is 4.98 Å². The van der Waals surface area contributed by atoms with Gasteiger partial charge in [-0.15, -0.1) is 0 Å². The van der Waals surface area contributed by atoms with E-state index < -0.39 is 11.2 Å². The molecule has 2 aromatic carbocycles. The first-order valence-electron chi connectivity index (χ1n) is 12.0. The van der Waals surface area contributed by atoms with Crippen LogP contribution in [0.1, 0.15) is 56.2 Å². The monoisotopic (exact) mass is 460 g/mol. The number of fused-ring (bicyclic) bond motifs is 1. The van der Waals surface area contributed by atoms with Crippen molar-refractivity contribution in [3.8, 4) is 22.8 Å². The van der Waals surface area contributed by atoms with Crippen LogP contribution in [0.5, 0.6) is 5.75 Å². The average molecular weight is 461 g/mol. The normalized spacial score (nSPS) is 11.4. The van der Waals surface area contributed by atoms with Gasteiger partial charge in [0.2, 0.25) is 0 Å². The Balaban J connectivity index is 1.95. The van der Waals surface area contributed by atoms with Crippen LogP contribution in [0.15, 0.2) is 46.0 Å². The zero-order valence-electron chi connectivity index (χ0n) is 20.3. The molecule has 7 nitrogen and oxygen atoms in total. The number of aromatic amines is 1. The maximum atomic E-state index is 13.1. The number of aromatic hydroxyl groups is 1. The van der Waals surface area contributed by atoms with Crippen molar-refractivity contribution in [1.29, 1.82) is 0 Å². The van der Waals surface area contributed by atoms with Crippen molar-refractivity contribution in [3.63, 3.8) is 0 Å². The second kappa shape index (κ2) is 9.71. The number of aryl methyl sites for hydroxylation is 3. The summed E-state index contributed by atoms with van der Waals surface area (Å²) in [5.74, 6) is 0.864. The van der Waals surface area contributed by atoms with Crippen LogP contribution < -0.4 is 11.2 Å². The van der Waals surface area contributed by atoms with Crippen molar-refractivity contribution >= 4 is 11.2 Å². The van der Waals surface area contributed by atoms with Gasteiger partial charge in [0.05, 0.1) is 5.69 Å². The molecule has 0 aliphatic carbocycles. The van der Waals surface area contributed by atoms with E-state index in [1.54, 1.807) is 0 Å². The Morgan fingerprint density at radius 3 is 2.12 bits per heavy atom. The second-order valence-electron chi connectivity index (χ2n) is 8.95. The Hall–Kier alpha value is -3.61. The van der Waals surface area contributed by atoms with Crippen molar-refractivity contribution in [2.75, 3.05) is 0 Å². The summed E-state index contributed by atoms with van der Waals surface area (Å²) in [6.45, 7) is 6.23. The highest BCUT2D eigenvalue weighted by molar-refractivity contribution is 5.77. The number of H-pyrrole nitrogens is 1. The number of benzene rings is 2. The Kier molecular flexibility index (Phi) is 6.72. The minimum Gasteiger partial charge on any atom is -0.507 e. The summed E-state index contributed by atoms with van der Waals surface area (Å²) < 4.78 is 2.56. The van der Waals surface area contributed by atoms with Gasteiger partial charge in [0.1, 0.15) is 11.6 Å². The molecule has 4 rings (SSSR count). The predicted molar refractivity (Wildman–Crippen MR) is 136 cm³/mol. The molecule has 0 bridgehead atoms. The molecule has 0 radical (unpaired) electrons. The third-order valence-electron chi connectivity index (χ3n) is 6.33. The molecule has 0 amide bonds. The molecule has 0 aliphatic heterocycles. The van der Waals surface area contributed by atoms with E-state index >= 15 is 0 Å². The first kappa shape index (κ1) is 23.5. The molecule has 7 heteroatoms. The lowest BCUT2D eigenvalue weighted by atomic mass is 9.97. The molecule has 0 saturated carbocycles. The van der Waals surface area contributed by atoms with E-state index in [9.17, 15) is 14.7 Å². The van der Waals surface area contributed by atoms with Gasteiger partial charge in [0.25, 0.3) is 5.56 Å². The van der Waals surface area contributed by atoms with Crippen molar-refractivity contribution in [1.82, 2.24) is 19.1 Å². The molecule has 0 fully saturated rings. The molecule has 2 N–H and O–H groups in total. The van der Waals surface area contributed by atoms with E-state index in [0.717, 1.165) is 65.3 Å². The number of unbranched alkanes of at least 4 members (excludes halogenated alkanes) is 2. The number of hydrogen-bond acceptors (Lipinski definition) is 4. The van der Waals surface area contributed by atoms with Gasteiger partial charge in [-0.2, -0.15) is 0 Å². The summed E-state index contributed by atoms with van der Waals surface area (Å²) in [6.07, 6.45) is 5.53. The standard InChI is InChI=1S/C27H32N4O3/c1-5-7-9-18-15-20(16-19(23(18)32)10-8-6-2)24-28-22-25(29-24)31(27(34)30(4)26(22)33)21-13-11-17(3)12-14-21/h11-16,32H,5-10H2,1-4H3,(H,28,29). The Bertz CT molecular complexity index is 1410. The molecule has 2 heterocycles. The fourth-order valence-corrected chi connectivity index (χ4v) is 4.25. The van der Waals surface area contributed by atoms with Crippen molar-refractivity contribution < 1.29 is 5.11 Å². The fourth-order valence-electron chi connectivity index (χ4n) is 4.25. The van der Waals surface area contributed by atoms with E-state index in [-0.39, 0.29) is 5.52 Å². The van der Waals surface area contributed by atoms with Crippen molar-refractivity contribution in [2.45, 2.75) is 59.3 Å². The van der Waals surface area contributed by atoms with Gasteiger partial charge >= 0.3 is 5.69 Å². The number of phenolic OH excluding ortho intramolecular Hbond substituents is 1. The molecular weight excluding hydrogens is 428 g/mol. The van der Waals surface area contributed by atoms with Crippen molar-refractivity contribution in [2.24, 2.45) is 7.05 Å². The summed E-state index contributed by atoms with van der Waals surface area (Å²) >= 11 is 0. The molecule has 2 aromatic heterocycles. The molecule has 178 valence electrons. The second-order valence-corrected chi connectivity index (χ2v) is 8.95. The summed E-state index contributed by atoms with van der Waals surface area (Å²) in [7, 11) is 1.47. The van der Waals surface area contributed by atoms with Gasteiger partial charge in [-0.3, -0.25) is 9.36 Å². The van der Waals surface area contributed by atoms with E-state index in [0.29, 0.717) is 22.9 Å². The summed E-state index contributed by atoms with van der Waals surface area (Å²) in [5.41, 5.74) is 3.99. The SMILES string of the molecule is CCCCc1cc(-c2nc3c([nH]2)c(=O)n(C)c(=O)n3-c2ccc(C)cc2)cc(CCCC)c1O. The van der Waals surface area contributed by atoms with Crippen LogP contribution in [-0.4, -0.2) is 24.2 Å². The highest BCUT2D eigenvalue weighted by Gasteiger charge is 2.19. The average Bonchev–Trinajstić information content (AvgIpc) is 3.27. The van der Waals surface area contributed by atoms with Crippen LogP contribution in [-0.2, 0) is 19.9 Å². The lowest BCUT2D eigenvalue weighted by Gasteiger charge is -2.12. The zero-order chi connectivity index (χ0) is 24.4. The van der Waals surface area contributed by atoms with Gasteiger partial charge in [-0.1, -0.05) is 44.4 Å². The molecular formula is C27H32N4O3. The molecule has 34 heavy (non-hydrogen) atoms. The van der Waals surface area contributed by atoms with Gasteiger partial charge in [-0.25, -0.2) is 14.3 Å². The third-order valence-corrected chi connectivity index (χ3v) is 6.33. The zero-order valence-corrected chi connectivity index (χ0v) is 20.3. The van der Waals surface area contributed by atoms with Gasteiger partial charge < -0.3 is 10.1 Å². The number of phenols is 1. The maximum Gasteiger partial charge on any atom is 0.337 e. The largest absolute Gasteiger partial charge is 0.507 e. The van der Waals surface area contributed by atoms with Gasteiger partial charge in [0, 0.05) is 12.6 Å². The fraction of sp³-hybridized carbons (Fsp3) is 0.370.